The maximum Gasteiger partial charge on any atom is 0.254 e. The topological polar surface area (TPSA) is 87.2 Å². The minimum absolute atomic E-state index is 0.114. The fourth-order valence-electron chi connectivity index (χ4n) is 4.68. The van der Waals surface area contributed by atoms with E-state index in [1.54, 1.807) is 42.3 Å². The number of hydrogen-bond donors (Lipinski definition) is 1. The van der Waals surface area contributed by atoms with E-state index in [1.165, 1.54) is 4.31 Å². The van der Waals surface area contributed by atoms with Crippen LogP contribution in [-0.4, -0.2) is 67.5 Å². The summed E-state index contributed by atoms with van der Waals surface area (Å²) in [5, 5.41) is 9.97. The predicted octanol–water partition coefficient (Wildman–Crippen LogP) is 4.03. The number of aliphatic hydroxyl groups excluding tert-OH is 1. The molecule has 0 aliphatic carbocycles. The minimum Gasteiger partial charge on any atom is -0.394 e. The molecular formula is C29H34N2O5S. The Morgan fingerprint density at radius 1 is 0.973 bits per heavy atom. The Morgan fingerprint density at radius 2 is 1.57 bits per heavy atom. The summed E-state index contributed by atoms with van der Waals surface area (Å²) in [6.07, 6.45) is -0.501. The Bertz CT molecular complexity index is 1330. The first-order valence-corrected chi connectivity index (χ1v) is 13.9. The van der Waals surface area contributed by atoms with Gasteiger partial charge >= 0.3 is 0 Å². The molecule has 3 aromatic rings. The number of carbonyl (C=O) groups is 1. The SMILES string of the molecule is C[C@@H]1CN([C@H](C)CO)C(=O)c2ccccc2-c2ccccc2CO[C@H]1CN(C)S(=O)(=O)c1ccccc1. The second-order valence-corrected chi connectivity index (χ2v) is 11.7. The molecule has 0 bridgehead atoms. The van der Waals surface area contributed by atoms with Crippen molar-refractivity contribution in [3.8, 4) is 11.1 Å². The normalized spacial score (nSPS) is 19.6. The number of aliphatic hydroxyl groups is 1. The standard InChI is InChI=1S/C29H34N2O5S/c1-21-17-31(22(2)19-32)29(33)27-16-10-9-15-26(27)25-14-8-7-11-23(25)20-36-28(21)18-30(3)37(34,35)24-12-5-4-6-13-24/h4-16,21-22,28,32H,17-20H2,1-3H3/t21-,22-,28+/m1/s1. The highest BCUT2D eigenvalue weighted by Crippen LogP contribution is 2.31. The Balaban J connectivity index is 1.74. The smallest absolute Gasteiger partial charge is 0.254 e. The lowest BCUT2D eigenvalue weighted by Gasteiger charge is -2.35. The molecule has 0 aromatic heterocycles. The molecule has 37 heavy (non-hydrogen) atoms. The highest BCUT2D eigenvalue weighted by atomic mass is 32.2. The van der Waals surface area contributed by atoms with Gasteiger partial charge in [-0.15, -0.1) is 0 Å². The largest absolute Gasteiger partial charge is 0.394 e. The van der Waals surface area contributed by atoms with E-state index in [1.807, 2.05) is 62.4 Å². The summed E-state index contributed by atoms with van der Waals surface area (Å²) in [6, 6.07) is 23.2. The Kier molecular flexibility index (Phi) is 8.44. The predicted molar refractivity (Wildman–Crippen MR) is 143 cm³/mol. The fourth-order valence-corrected chi connectivity index (χ4v) is 5.88. The van der Waals surface area contributed by atoms with Crippen LogP contribution in [0.5, 0.6) is 0 Å². The van der Waals surface area contributed by atoms with E-state index < -0.39 is 22.2 Å². The van der Waals surface area contributed by atoms with Crippen LogP contribution in [0, 0.1) is 5.92 Å². The molecule has 0 fully saturated rings. The number of likely N-dealkylation sites (N-methyl/N-ethyl adjacent to an activating group) is 1. The van der Waals surface area contributed by atoms with Crippen LogP contribution in [-0.2, 0) is 21.4 Å². The molecule has 0 saturated carbocycles. The van der Waals surface area contributed by atoms with Gasteiger partial charge in [-0.1, -0.05) is 67.6 Å². The summed E-state index contributed by atoms with van der Waals surface area (Å²) in [7, 11) is -2.17. The van der Waals surface area contributed by atoms with Gasteiger partial charge in [-0.05, 0) is 41.8 Å². The van der Waals surface area contributed by atoms with Gasteiger partial charge in [0.05, 0.1) is 30.3 Å². The van der Waals surface area contributed by atoms with Gasteiger partial charge in [-0.3, -0.25) is 4.79 Å². The van der Waals surface area contributed by atoms with Gasteiger partial charge in [0.15, 0.2) is 0 Å². The molecule has 0 saturated heterocycles. The zero-order valence-electron chi connectivity index (χ0n) is 21.4. The molecule has 0 unspecified atom stereocenters. The lowest BCUT2D eigenvalue weighted by Crippen LogP contribution is -2.47. The van der Waals surface area contributed by atoms with Crippen molar-refractivity contribution < 1.29 is 23.1 Å². The molecule has 3 aromatic carbocycles. The number of sulfonamides is 1. The minimum atomic E-state index is -3.72. The maximum absolute atomic E-state index is 13.9. The lowest BCUT2D eigenvalue weighted by molar-refractivity contribution is -0.0146. The molecule has 0 spiro atoms. The van der Waals surface area contributed by atoms with Gasteiger partial charge in [-0.25, -0.2) is 8.42 Å². The molecule has 1 heterocycles. The van der Waals surface area contributed by atoms with E-state index in [4.69, 9.17) is 4.74 Å². The summed E-state index contributed by atoms with van der Waals surface area (Å²) < 4.78 is 34.2. The highest BCUT2D eigenvalue weighted by molar-refractivity contribution is 7.89. The molecule has 1 aliphatic heterocycles. The third-order valence-electron chi connectivity index (χ3n) is 6.98. The van der Waals surface area contributed by atoms with Crippen LogP contribution in [0.25, 0.3) is 11.1 Å². The van der Waals surface area contributed by atoms with Gasteiger partial charge < -0.3 is 14.7 Å². The van der Waals surface area contributed by atoms with E-state index in [2.05, 4.69) is 0 Å². The lowest BCUT2D eigenvalue weighted by atomic mass is 9.94. The van der Waals surface area contributed by atoms with Crippen LogP contribution in [0.2, 0.25) is 0 Å². The quantitative estimate of drug-likeness (QED) is 0.528. The third-order valence-corrected chi connectivity index (χ3v) is 8.82. The first-order chi connectivity index (χ1) is 17.7. The molecule has 3 atom stereocenters. The van der Waals surface area contributed by atoms with Crippen LogP contribution in [0.3, 0.4) is 0 Å². The first-order valence-electron chi connectivity index (χ1n) is 12.5. The zero-order valence-corrected chi connectivity index (χ0v) is 22.3. The number of nitrogens with zero attached hydrogens (tertiary/aromatic N) is 2. The second kappa shape index (κ2) is 11.6. The van der Waals surface area contributed by atoms with Crippen molar-refractivity contribution in [1.82, 2.24) is 9.21 Å². The molecule has 1 amide bonds. The van der Waals surface area contributed by atoms with Crippen LogP contribution in [0.1, 0.15) is 29.8 Å². The number of fused-ring (bicyclic) bond motifs is 3. The van der Waals surface area contributed by atoms with Crippen LogP contribution < -0.4 is 0 Å². The second-order valence-electron chi connectivity index (χ2n) is 9.62. The summed E-state index contributed by atoms with van der Waals surface area (Å²) in [4.78, 5) is 15.7. The van der Waals surface area contributed by atoms with E-state index in [-0.39, 0.29) is 36.5 Å². The molecular weight excluding hydrogens is 488 g/mol. The van der Waals surface area contributed by atoms with Crippen LogP contribution in [0.4, 0.5) is 0 Å². The van der Waals surface area contributed by atoms with E-state index in [0.717, 1.165) is 16.7 Å². The van der Waals surface area contributed by atoms with Crippen molar-refractivity contribution in [3.05, 3.63) is 90.0 Å². The molecule has 8 heteroatoms. The Hall–Kier alpha value is -3.04. The monoisotopic (exact) mass is 522 g/mol. The average Bonchev–Trinajstić information content (AvgIpc) is 2.94. The van der Waals surface area contributed by atoms with E-state index in [0.29, 0.717) is 12.1 Å². The number of rotatable bonds is 6. The molecule has 1 aliphatic rings. The van der Waals surface area contributed by atoms with E-state index in [9.17, 15) is 18.3 Å². The summed E-state index contributed by atoms with van der Waals surface area (Å²) in [6.45, 7) is 4.25. The maximum atomic E-state index is 13.9. The van der Waals surface area contributed by atoms with Crippen molar-refractivity contribution in [2.75, 3.05) is 26.7 Å². The highest BCUT2D eigenvalue weighted by Gasteiger charge is 2.32. The van der Waals surface area contributed by atoms with Gasteiger partial charge in [-0.2, -0.15) is 4.31 Å². The number of ether oxygens (including phenoxy) is 1. The van der Waals surface area contributed by atoms with Gasteiger partial charge in [0.25, 0.3) is 5.91 Å². The van der Waals surface area contributed by atoms with Gasteiger partial charge in [0.2, 0.25) is 10.0 Å². The average molecular weight is 523 g/mol. The van der Waals surface area contributed by atoms with Crippen LogP contribution in [0.15, 0.2) is 83.8 Å². The van der Waals surface area contributed by atoms with Crippen molar-refractivity contribution >= 4 is 15.9 Å². The molecule has 7 nitrogen and oxygen atoms in total. The molecule has 0 radical (unpaired) electrons. The summed E-state index contributed by atoms with van der Waals surface area (Å²) in [5.74, 6) is -0.395. The fraction of sp³-hybridized carbons (Fsp3) is 0.345. The van der Waals surface area contributed by atoms with Crippen molar-refractivity contribution in [2.24, 2.45) is 5.92 Å². The van der Waals surface area contributed by atoms with Crippen molar-refractivity contribution in [3.63, 3.8) is 0 Å². The van der Waals surface area contributed by atoms with Crippen molar-refractivity contribution in [1.29, 1.82) is 0 Å². The number of hydrogen-bond acceptors (Lipinski definition) is 5. The third kappa shape index (κ3) is 5.78. The van der Waals surface area contributed by atoms with Crippen molar-refractivity contribution in [2.45, 2.75) is 37.5 Å². The van der Waals surface area contributed by atoms with Crippen LogP contribution >= 0.6 is 0 Å². The summed E-state index contributed by atoms with van der Waals surface area (Å²) >= 11 is 0. The Morgan fingerprint density at radius 3 is 2.24 bits per heavy atom. The van der Waals surface area contributed by atoms with Gasteiger partial charge in [0.1, 0.15) is 0 Å². The first kappa shape index (κ1) is 27.0. The summed E-state index contributed by atoms with van der Waals surface area (Å²) in [5.41, 5.74) is 3.17. The van der Waals surface area contributed by atoms with E-state index >= 15 is 0 Å². The number of benzene rings is 3. The Labute approximate surface area is 219 Å². The number of amides is 1. The van der Waals surface area contributed by atoms with Gasteiger partial charge in [0, 0.05) is 31.6 Å². The zero-order chi connectivity index (χ0) is 26.6. The molecule has 4 rings (SSSR count). The number of carbonyl (C=O) groups excluding carboxylic acids is 1. The molecule has 1 N–H and O–H groups in total. The molecule has 196 valence electrons.